The number of ether oxygens (including phenoxy) is 3. The number of benzene rings is 2. The molecule has 0 radical (unpaired) electrons. The highest BCUT2D eigenvalue weighted by Crippen LogP contribution is 2.40. The first-order valence-electron chi connectivity index (χ1n) is 10.4. The molecule has 0 N–H and O–H groups in total. The zero-order chi connectivity index (χ0) is 24.8. The molecule has 0 bridgehead atoms. The molecule has 1 aliphatic rings. The summed E-state index contributed by atoms with van der Waals surface area (Å²) in [5.41, 5.74) is 0.844. The molecule has 0 atom stereocenters. The maximum atomic E-state index is 13.0. The molecule has 10 heteroatoms. The fourth-order valence-electron chi connectivity index (χ4n) is 3.54. The van der Waals surface area contributed by atoms with E-state index in [1.807, 2.05) is 0 Å². The average Bonchev–Trinajstić information content (AvgIpc) is 2.83. The summed E-state index contributed by atoms with van der Waals surface area (Å²) in [6.45, 7) is 3.52. The Kier molecular flexibility index (Phi) is 7.91. The lowest BCUT2D eigenvalue weighted by Gasteiger charge is -2.30. The molecule has 1 heterocycles. The number of nitro groups is 1. The van der Waals surface area contributed by atoms with Crippen molar-refractivity contribution in [2.24, 2.45) is 0 Å². The van der Waals surface area contributed by atoms with Crippen molar-refractivity contribution in [1.82, 2.24) is 0 Å². The second-order valence-electron chi connectivity index (χ2n) is 7.12. The average molecular weight is 487 g/mol. The standard InChI is InChI=1S/C24H23ClN2O7/c1-4-33-23(28)18-13-26(16-7-9-17(32-3)10-8-16)14-19(24(29)34-5-2)22(18)15-6-11-20(25)21(12-15)27(30)31/h6-14,22H,4-5H2,1-3H3. The van der Waals surface area contributed by atoms with Gasteiger partial charge in [-0.3, -0.25) is 10.1 Å². The van der Waals surface area contributed by atoms with Gasteiger partial charge in [-0.15, -0.1) is 0 Å². The van der Waals surface area contributed by atoms with Gasteiger partial charge in [0, 0.05) is 24.2 Å². The third-order valence-electron chi connectivity index (χ3n) is 5.07. The fourth-order valence-corrected chi connectivity index (χ4v) is 3.72. The second-order valence-corrected chi connectivity index (χ2v) is 7.52. The van der Waals surface area contributed by atoms with Crippen LogP contribution in [0.4, 0.5) is 11.4 Å². The predicted octanol–water partition coefficient (Wildman–Crippen LogP) is 4.75. The molecule has 0 saturated heterocycles. The van der Waals surface area contributed by atoms with Gasteiger partial charge in [0.2, 0.25) is 0 Å². The maximum Gasteiger partial charge on any atom is 0.336 e. The molecule has 1 aliphatic heterocycles. The zero-order valence-corrected chi connectivity index (χ0v) is 19.6. The molecule has 9 nitrogen and oxygen atoms in total. The van der Waals surface area contributed by atoms with Crippen LogP contribution in [-0.2, 0) is 19.1 Å². The minimum Gasteiger partial charge on any atom is -0.497 e. The summed E-state index contributed by atoms with van der Waals surface area (Å²) >= 11 is 5.98. The molecule has 34 heavy (non-hydrogen) atoms. The van der Waals surface area contributed by atoms with E-state index in [0.29, 0.717) is 17.0 Å². The molecular weight excluding hydrogens is 464 g/mol. The Morgan fingerprint density at radius 3 is 2.03 bits per heavy atom. The molecule has 0 spiro atoms. The Morgan fingerprint density at radius 2 is 1.56 bits per heavy atom. The molecule has 0 amide bonds. The lowest BCUT2D eigenvalue weighted by Crippen LogP contribution is -2.29. The van der Waals surface area contributed by atoms with Crippen LogP contribution in [0, 0.1) is 10.1 Å². The molecular formula is C24H23ClN2O7. The summed E-state index contributed by atoms with van der Waals surface area (Å²) in [5.74, 6) is -1.67. The van der Waals surface area contributed by atoms with Gasteiger partial charge in [0.1, 0.15) is 10.8 Å². The monoisotopic (exact) mass is 486 g/mol. The first kappa shape index (κ1) is 24.8. The molecule has 0 aliphatic carbocycles. The van der Waals surface area contributed by atoms with Crippen LogP contribution in [0.25, 0.3) is 0 Å². The SMILES string of the molecule is CCOC(=O)C1=CN(c2ccc(OC)cc2)C=C(C(=O)OCC)C1c1ccc(Cl)c([N+](=O)[O-])c1. The number of carbonyl (C=O) groups is 2. The highest BCUT2D eigenvalue weighted by Gasteiger charge is 2.37. The fraction of sp³-hybridized carbons (Fsp3) is 0.250. The van der Waals surface area contributed by atoms with Crippen molar-refractivity contribution in [2.75, 3.05) is 25.2 Å². The highest BCUT2D eigenvalue weighted by atomic mass is 35.5. The summed E-state index contributed by atoms with van der Waals surface area (Å²) in [6, 6.07) is 11.1. The lowest BCUT2D eigenvalue weighted by molar-refractivity contribution is -0.384. The first-order valence-corrected chi connectivity index (χ1v) is 10.8. The van der Waals surface area contributed by atoms with Crippen LogP contribution in [-0.4, -0.2) is 37.2 Å². The maximum absolute atomic E-state index is 13.0. The van der Waals surface area contributed by atoms with E-state index in [2.05, 4.69) is 0 Å². The van der Waals surface area contributed by atoms with E-state index in [-0.39, 0.29) is 35.1 Å². The van der Waals surface area contributed by atoms with Crippen molar-refractivity contribution < 1.29 is 28.7 Å². The number of nitrogens with zero attached hydrogens (tertiary/aromatic N) is 2. The molecule has 0 aromatic heterocycles. The third-order valence-corrected chi connectivity index (χ3v) is 5.39. The smallest absolute Gasteiger partial charge is 0.336 e. The van der Waals surface area contributed by atoms with Gasteiger partial charge in [0.05, 0.1) is 42.3 Å². The number of anilines is 1. The van der Waals surface area contributed by atoms with Crippen molar-refractivity contribution >= 4 is 34.9 Å². The van der Waals surface area contributed by atoms with Gasteiger partial charge >= 0.3 is 11.9 Å². The molecule has 0 fully saturated rings. The summed E-state index contributed by atoms with van der Waals surface area (Å²) in [4.78, 5) is 38.4. The Morgan fingerprint density at radius 1 is 1.00 bits per heavy atom. The van der Waals surface area contributed by atoms with Crippen LogP contribution < -0.4 is 9.64 Å². The quantitative estimate of drug-likeness (QED) is 0.298. The van der Waals surface area contributed by atoms with Crippen molar-refractivity contribution in [3.63, 3.8) is 0 Å². The molecule has 0 saturated carbocycles. The van der Waals surface area contributed by atoms with Gasteiger partial charge in [-0.25, -0.2) is 9.59 Å². The minimum atomic E-state index is -0.969. The molecule has 2 aromatic rings. The zero-order valence-electron chi connectivity index (χ0n) is 18.8. The molecule has 0 unspecified atom stereocenters. The molecule has 3 rings (SSSR count). The number of hydrogen-bond donors (Lipinski definition) is 0. The predicted molar refractivity (Wildman–Crippen MR) is 126 cm³/mol. The number of halogens is 1. The summed E-state index contributed by atoms with van der Waals surface area (Å²) < 4.78 is 15.7. The van der Waals surface area contributed by atoms with Crippen LogP contribution in [0.1, 0.15) is 25.3 Å². The number of nitro benzene ring substituents is 1. The van der Waals surface area contributed by atoms with E-state index in [1.54, 1.807) is 50.1 Å². The van der Waals surface area contributed by atoms with Crippen LogP contribution in [0.3, 0.4) is 0 Å². The largest absolute Gasteiger partial charge is 0.497 e. The van der Waals surface area contributed by atoms with E-state index in [9.17, 15) is 19.7 Å². The van der Waals surface area contributed by atoms with Gasteiger partial charge in [0.15, 0.2) is 0 Å². The normalized spacial score (nSPS) is 13.6. The van der Waals surface area contributed by atoms with Crippen LogP contribution >= 0.6 is 11.6 Å². The van der Waals surface area contributed by atoms with E-state index in [1.165, 1.54) is 30.6 Å². The van der Waals surface area contributed by atoms with Crippen molar-refractivity contribution in [3.8, 4) is 5.75 Å². The van der Waals surface area contributed by atoms with Gasteiger partial charge in [0.25, 0.3) is 5.69 Å². The van der Waals surface area contributed by atoms with Gasteiger partial charge < -0.3 is 19.1 Å². The van der Waals surface area contributed by atoms with E-state index in [4.69, 9.17) is 25.8 Å². The number of rotatable bonds is 8. The van der Waals surface area contributed by atoms with Crippen molar-refractivity contribution in [1.29, 1.82) is 0 Å². The Labute approximate surface area is 201 Å². The molecule has 2 aromatic carbocycles. The van der Waals surface area contributed by atoms with Gasteiger partial charge in [-0.1, -0.05) is 17.7 Å². The Hall–Kier alpha value is -3.85. The number of carbonyl (C=O) groups excluding carboxylic acids is 2. The highest BCUT2D eigenvalue weighted by molar-refractivity contribution is 6.32. The summed E-state index contributed by atoms with van der Waals surface area (Å²) in [6.07, 6.45) is 3.07. The number of methoxy groups -OCH3 is 1. The summed E-state index contributed by atoms with van der Waals surface area (Å²) in [7, 11) is 1.54. The number of hydrogen-bond acceptors (Lipinski definition) is 8. The van der Waals surface area contributed by atoms with Crippen molar-refractivity contribution in [3.05, 3.63) is 86.7 Å². The Balaban J connectivity index is 2.20. The second kappa shape index (κ2) is 10.8. The summed E-state index contributed by atoms with van der Waals surface area (Å²) in [5, 5.41) is 11.4. The van der Waals surface area contributed by atoms with E-state index < -0.39 is 22.8 Å². The van der Waals surface area contributed by atoms with Crippen LogP contribution in [0.2, 0.25) is 5.02 Å². The Bertz CT molecular complexity index is 1120. The van der Waals surface area contributed by atoms with Gasteiger partial charge in [-0.2, -0.15) is 0 Å². The van der Waals surface area contributed by atoms with Crippen LogP contribution in [0.15, 0.2) is 66.0 Å². The van der Waals surface area contributed by atoms with E-state index in [0.717, 1.165) is 0 Å². The number of esters is 2. The van der Waals surface area contributed by atoms with E-state index >= 15 is 0 Å². The van der Waals surface area contributed by atoms with Crippen LogP contribution in [0.5, 0.6) is 5.75 Å². The topological polar surface area (TPSA) is 108 Å². The third kappa shape index (κ3) is 5.20. The first-order chi connectivity index (χ1) is 16.3. The van der Waals surface area contributed by atoms with Gasteiger partial charge in [-0.05, 0) is 49.7 Å². The lowest BCUT2D eigenvalue weighted by atomic mass is 9.83. The molecule has 178 valence electrons. The van der Waals surface area contributed by atoms with Crippen molar-refractivity contribution in [2.45, 2.75) is 19.8 Å². The minimum absolute atomic E-state index is 0.0623.